The highest BCUT2D eigenvalue weighted by molar-refractivity contribution is 5.93. The Balaban J connectivity index is 1.80. The fourth-order valence-electron chi connectivity index (χ4n) is 3.17. The fourth-order valence-corrected chi connectivity index (χ4v) is 3.17. The number of amides is 1. The van der Waals surface area contributed by atoms with Crippen LogP contribution in [-0.4, -0.2) is 56.9 Å². The maximum absolute atomic E-state index is 12.8. The normalized spacial score (nSPS) is 14.9. The molecule has 1 aliphatic rings. The molecule has 3 aromatic rings. The second-order valence-corrected chi connectivity index (χ2v) is 6.10. The smallest absolute Gasteiger partial charge is 0.276 e. The Hall–Kier alpha value is -2.80. The molecule has 2 aromatic heterocycles. The second kappa shape index (κ2) is 6.25. The monoisotopic (exact) mass is 337 g/mol. The molecule has 0 spiro atoms. The lowest BCUT2D eigenvalue weighted by atomic mass is 10.1. The number of ether oxygens (including phenoxy) is 1. The first-order chi connectivity index (χ1) is 12.2. The Labute approximate surface area is 145 Å². The zero-order chi connectivity index (χ0) is 17.4. The van der Waals surface area contributed by atoms with Gasteiger partial charge in [0.15, 0.2) is 11.3 Å². The molecule has 1 amide bonds. The summed E-state index contributed by atoms with van der Waals surface area (Å²) in [5.74, 6) is -0.121. The number of morpholine rings is 1. The third kappa shape index (κ3) is 2.66. The molecular formula is C18H19N5O2. The highest BCUT2D eigenvalue weighted by atomic mass is 16.5. The number of carbonyl (C=O) groups is 1. The van der Waals surface area contributed by atoms with Crippen molar-refractivity contribution in [2.45, 2.75) is 13.8 Å². The van der Waals surface area contributed by atoms with E-state index in [9.17, 15) is 4.79 Å². The Kier molecular flexibility index (Phi) is 3.93. The van der Waals surface area contributed by atoms with E-state index in [0.717, 1.165) is 16.8 Å². The molecule has 0 bridgehead atoms. The molecule has 0 N–H and O–H groups in total. The summed E-state index contributed by atoms with van der Waals surface area (Å²) in [7, 11) is 0. The van der Waals surface area contributed by atoms with Crippen LogP contribution in [0, 0.1) is 13.8 Å². The summed E-state index contributed by atoms with van der Waals surface area (Å²) in [6.45, 7) is 6.06. The first kappa shape index (κ1) is 15.7. The highest BCUT2D eigenvalue weighted by Crippen LogP contribution is 2.27. The van der Waals surface area contributed by atoms with E-state index in [1.54, 1.807) is 9.42 Å². The van der Waals surface area contributed by atoms with Crippen LogP contribution in [0.25, 0.3) is 16.8 Å². The first-order valence-electron chi connectivity index (χ1n) is 8.32. The third-order valence-corrected chi connectivity index (χ3v) is 4.50. The van der Waals surface area contributed by atoms with E-state index in [2.05, 4.69) is 15.3 Å². The third-order valence-electron chi connectivity index (χ3n) is 4.50. The molecule has 3 heterocycles. The second-order valence-electron chi connectivity index (χ2n) is 6.10. The molecule has 7 nitrogen and oxygen atoms in total. The molecule has 128 valence electrons. The number of hydrogen-bond donors (Lipinski definition) is 0. The quantitative estimate of drug-likeness (QED) is 0.714. The van der Waals surface area contributed by atoms with Crippen molar-refractivity contribution in [3.05, 3.63) is 47.4 Å². The van der Waals surface area contributed by atoms with Crippen LogP contribution in [0.4, 0.5) is 0 Å². The maximum Gasteiger partial charge on any atom is 0.276 e. The van der Waals surface area contributed by atoms with E-state index in [4.69, 9.17) is 4.74 Å². The van der Waals surface area contributed by atoms with Crippen LogP contribution < -0.4 is 0 Å². The predicted molar refractivity (Wildman–Crippen MR) is 92.4 cm³/mol. The van der Waals surface area contributed by atoms with Crippen LogP contribution in [0.2, 0.25) is 0 Å². The lowest BCUT2D eigenvalue weighted by molar-refractivity contribution is 0.0297. The minimum absolute atomic E-state index is 0.121. The molecule has 1 aromatic carbocycles. The standard InChI is InChI=1S/C18H19N5O2/c1-12-15(14-6-4-3-5-7-14)17-20-19-16(13(2)23(17)21-12)18(24)22-8-10-25-11-9-22/h3-7H,8-11H2,1-2H3. The number of aromatic nitrogens is 4. The van der Waals surface area contributed by atoms with Crippen molar-refractivity contribution in [2.75, 3.05) is 26.3 Å². The molecule has 0 aliphatic carbocycles. The van der Waals surface area contributed by atoms with E-state index in [1.165, 1.54) is 0 Å². The molecule has 1 aliphatic heterocycles. The van der Waals surface area contributed by atoms with Gasteiger partial charge in [-0.1, -0.05) is 30.3 Å². The largest absolute Gasteiger partial charge is 0.378 e. The van der Waals surface area contributed by atoms with Crippen LogP contribution in [0.3, 0.4) is 0 Å². The average molecular weight is 337 g/mol. The van der Waals surface area contributed by atoms with Gasteiger partial charge in [0.25, 0.3) is 5.91 Å². The zero-order valence-electron chi connectivity index (χ0n) is 14.3. The summed E-state index contributed by atoms with van der Waals surface area (Å²) in [6, 6.07) is 9.98. The number of rotatable bonds is 2. The van der Waals surface area contributed by atoms with Gasteiger partial charge in [-0.25, -0.2) is 4.52 Å². The van der Waals surface area contributed by atoms with Gasteiger partial charge in [-0.05, 0) is 19.4 Å². The molecular weight excluding hydrogens is 318 g/mol. The Bertz CT molecular complexity index is 930. The van der Waals surface area contributed by atoms with Gasteiger partial charge < -0.3 is 9.64 Å². The lowest BCUT2D eigenvalue weighted by Crippen LogP contribution is -2.41. The van der Waals surface area contributed by atoms with Gasteiger partial charge in [0.2, 0.25) is 0 Å². The van der Waals surface area contributed by atoms with Gasteiger partial charge in [-0.15, -0.1) is 10.2 Å². The summed E-state index contributed by atoms with van der Waals surface area (Å²) in [5, 5.41) is 13.2. The Morgan fingerprint density at radius 3 is 2.52 bits per heavy atom. The minimum atomic E-state index is -0.121. The van der Waals surface area contributed by atoms with E-state index < -0.39 is 0 Å². The van der Waals surface area contributed by atoms with Gasteiger partial charge in [-0.2, -0.15) is 5.10 Å². The van der Waals surface area contributed by atoms with Crippen molar-refractivity contribution in [2.24, 2.45) is 0 Å². The lowest BCUT2D eigenvalue weighted by Gasteiger charge is -2.26. The number of aryl methyl sites for hydroxylation is 2. The topological polar surface area (TPSA) is 72.6 Å². The van der Waals surface area contributed by atoms with Crippen molar-refractivity contribution < 1.29 is 9.53 Å². The van der Waals surface area contributed by atoms with Gasteiger partial charge in [0.1, 0.15) is 0 Å². The van der Waals surface area contributed by atoms with Crippen molar-refractivity contribution in [3.63, 3.8) is 0 Å². The summed E-state index contributed by atoms with van der Waals surface area (Å²) in [5.41, 5.74) is 4.56. The molecule has 4 rings (SSSR count). The average Bonchev–Trinajstić information content (AvgIpc) is 3.00. The van der Waals surface area contributed by atoms with Crippen LogP contribution in [0.1, 0.15) is 21.9 Å². The Morgan fingerprint density at radius 2 is 1.80 bits per heavy atom. The van der Waals surface area contributed by atoms with Gasteiger partial charge >= 0.3 is 0 Å². The number of benzene rings is 1. The van der Waals surface area contributed by atoms with E-state index in [-0.39, 0.29) is 5.91 Å². The fraction of sp³-hybridized carbons (Fsp3) is 0.333. The summed E-state index contributed by atoms with van der Waals surface area (Å²) in [4.78, 5) is 14.5. The molecule has 25 heavy (non-hydrogen) atoms. The van der Waals surface area contributed by atoms with Crippen molar-refractivity contribution >= 4 is 11.6 Å². The van der Waals surface area contributed by atoms with Gasteiger partial charge in [-0.3, -0.25) is 4.79 Å². The SMILES string of the molecule is Cc1nn2c(C)c(C(=O)N3CCOCC3)nnc2c1-c1ccccc1. The minimum Gasteiger partial charge on any atom is -0.378 e. The summed E-state index contributed by atoms with van der Waals surface area (Å²) < 4.78 is 7.03. The van der Waals surface area contributed by atoms with Crippen LogP contribution >= 0.6 is 0 Å². The number of nitrogens with zero attached hydrogens (tertiary/aromatic N) is 5. The molecule has 1 saturated heterocycles. The van der Waals surface area contributed by atoms with Crippen molar-refractivity contribution in [1.82, 2.24) is 24.7 Å². The van der Waals surface area contributed by atoms with E-state index in [0.29, 0.717) is 43.3 Å². The molecule has 0 atom stereocenters. The van der Waals surface area contributed by atoms with Crippen molar-refractivity contribution in [1.29, 1.82) is 0 Å². The first-order valence-corrected chi connectivity index (χ1v) is 8.32. The number of carbonyl (C=O) groups excluding carboxylic acids is 1. The van der Waals surface area contributed by atoms with Gasteiger partial charge in [0, 0.05) is 13.1 Å². The van der Waals surface area contributed by atoms with Gasteiger partial charge in [0.05, 0.1) is 30.2 Å². The van der Waals surface area contributed by atoms with Crippen LogP contribution in [0.15, 0.2) is 30.3 Å². The van der Waals surface area contributed by atoms with Crippen LogP contribution in [-0.2, 0) is 4.74 Å². The zero-order valence-corrected chi connectivity index (χ0v) is 14.3. The Morgan fingerprint density at radius 1 is 1.08 bits per heavy atom. The van der Waals surface area contributed by atoms with Crippen molar-refractivity contribution in [3.8, 4) is 11.1 Å². The highest BCUT2D eigenvalue weighted by Gasteiger charge is 2.25. The molecule has 0 saturated carbocycles. The molecule has 0 radical (unpaired) electrons. The van der Waals surface area contributed by atoms with E-state index in [1.807, 2.05) is 44.2 Å². The maximum atomic E-state index is 12.8. The predicted octanol–water partition coefficient (Wildman–Crippen LogP) is 1.88. The molecule has 7 heteroatoms. The van der Waals surface area contributed by atoms with Crippen LogP contribution in [0.5, 0.6) is 0 Å². The summed E-state index contributed by atoms with van der Waals surface area (Å²) in [6.07, 6.45) is 0. The molecule has 0 unspecified atom stereocenters. The number of fused-ring (bicyclic) bond motifs is 1. The van der Waals surface area contributed by atoms with E-state index >= 15 is 0 Å². The molecule has 1 fully saturated rings. The summed E-state index contributed by atoms with van der Waals surface area (Å²) >= 11 is 0. The number of hydrogen-bond acceptors (Lipinski definition) is 5.